The molecule has 0 saturated heterocycles. The average molecular weight is 564 g/mol. The third-order valence-corrected chi connectivity index (χ3v) is 8.04. The van der Waals surface area contributed by atoms with Gasteiger partial charge in [0.15, 0.2) is 11.5 Å². The first kappa shape index (κ1) is 25.9. The van der Waals surface area contributed by atoms with Crippen LogP contribution in [0.2, 0.25) is 0 Å². The van der Waals surface area contributed by atoms with Crippen LogP contribution < -0.4 is 14.2 Å². The molecule has 7 rings (SSSR count). The summed E-state index contributed by atoms with van der Waals surface area (Å²) in [6.07, 6.45) is 7.41. The van der Waals surface area contributed by atoms with Crippen molar-refractivity contribution in [3.05, 3.63) is 120 Å². The standard InChI is InChI=1S/C35H25N5O3/c1-41-24-9-10-31-26(14-24)29(19-40-31)35(20-37,15-22-5-4-12-38-17-22)34(23-8-11-32-33(13-23)43-21-42-32)27(16-36)28-18-39-30-7-3-2-6-25(28)30/h2-14,17-19,39-40H,15,21H2,1H3/b34-27+. The zero-order valence-electron chi connectivity index (χ0n) is 23.2. The fourth-order valence-corrected chi connectivity index (χ4v) is 6.05. The number of pyridine rings is 1. The molecule has 1 aliphatic rings. The van der Waals surface area contributed by atoms with Crippen LogP contribution in [-0.2, 0) is 11.8 Å². The van der Waals surface area contributed by atoms with E-state index in [2.05, 4.69) is 27.1 Å². The summed E-state index contributed by atoms with van der Waals surface area (Å²) in [4.78, 5) is 11.0. The highest BCUT2D eigenvalue weighted by atomic mass is 16.7. The second kappa shape index (κ2) is 10.4. The molecule has 208 valence electrons. The Morgan fingerprint density at radius 1 is 0.930 bits per heavy atom. The first-order valence-electron chi connectivity index (χ1n) is 13.7. The lowest BCUT2D eigenvalue weighted by Gasteiger charge is -2.31. The lowest BCUT2D eigenvalue weighted by atomic mass is 9.67. The van der Waals surface area contributed by atoms with Crippen molar-refractivity contribution in [2.75, 3.05) is 13.9 Å². The van der Waals surface area contributed by atoms with E-state index in [-0.39, 0.29) is 13.2 Å². The van der Waals surface area contributed by atoms with Crippen LogP contribution in [-0.4, -0.2) is 28.9 Å². The van der Waals surface area contributed by atoms with Crippen LogP contribution in [0.15, 0.2) is 97.6 Å². The molecule has 8 nitrogen and oxygen atoms in total. The van der Waals surface area contributed by atoms with E-state index < -0.39 is 5.41 Å². The summed E-state index contributed by atoms with van der Waals surface area (Å²) in [5.74, 6) is 1.83. The van der Waals surface area contributed by atoms with Crippen molar-refractivity contribution in [1.29, 1.82) is 10.5 Å². The smallest absolute Gasteiger partial charge is 0.231 e. The number of rotatable bonds is 7. The summed E-state index contributed by atoms with van der Waals surface area (Å²) < 4.78 is 17.0. The van der Waals surface area contributed by atoms with E-state index in [0.29, 0.717) is 45.1 Å². The van der Waals surface area contributed by atoms with Crippen molar-refractivity contribution in [2.45, 2.75) is 11.8 Å². The van der Waals surface area contributed by atoms with E-state index >= 15 is 0 Å². The Morgan fingerprint density at radius 2 is 1.77 bits per heavy atom. The molecule has 2 N–H and O–H groups in total. The van der Waals surface area contributed by atoms with Crippen LogP contribution in [0.3, 0.4) is 0 Å². The molecule has 0 spiro atoms. The number of hydrogen-bond acceptors (Lipinski definition) is 6. The summed E-state index contributed by atoms with van der Waals surface area (Å²) in [5, 5.41) is 24.1. The summed E-state index contributed by atoms with van der Waals surface area (Å²) >= 11 is 0. The summed E-state index contributed by atoms with van der Waals surface area (Å²) in [6, 6.07) is 28.1. The van der Waals surface area contributed by atoms with Crippen molar-refractivity contribution in [3.8, 4) is 29.4 Å². The van der Waals surface area contributed by atoms with Gasteiger partial charge in [0.2, 0.25) is 6.79 Å². The van der Waals surface area contributed by atoms with E-state index in [9.17, 15) is 10.5 Å². The van der Waals surface area contributed by atoms with Crippen LogP contribution in [0.25, 0.3) is 33.0 Å². The average Bonchev–Trinajstić information content (AvgIpc) is 3.81. The maximum Gasteiger partial charge on any atom is 0.231 e. The lowest BCUT2D eigenvalue weighted by Crippen LogP contribution is -2.30. The van der Waals surface area contributed by atoms with Crippen molar-refractivity contribution in [2.24, 2.45) is 0 Å². The fraction of sp³-hybridized carbons (Fsp3) is 0.114. The van der Waals surface area contributed by atoms with Gasteiger partial charge in [-0.25, -0.2) is 0 Å². The third-order valence-electron chi connectivity index (χ3n) is 8.04. The molecular formula is C35H25N5O3. The van der Waals surface area contributed by atoms with Gasteiger partial charge < -0.3 is 24.2 Å². The molecule has 1 aliphatic heterocycles. The number of methoxy groups -OCH3 is 1. The van der Waals surface area contributed by atoms with Crippen LogP contribution in [0.5, 0.6) is 17.2 Å². The Labute approximate surface area is 247 Å². The molecule has 3 aromatic heterocycles. The van der Waals surface area contributed by atoms with E-state index in [1.54, 1.807) is 19.5 Å². The third kappa shape index (κ3) is 4.25. The Hall–Kier alpha value is -5.99. The molecule has 3 aromatic carbocycles. The number of ether oxygens (including phenoxy) is 3. The number of para-hydroxylation sites is 1. The van der Waals surface area contributed by atoms with Gasteiger partial charge in [0, 0.05) is 69.7 Å². The number of allylic oxidation sites excluding steroid dienone is 2. The molecule has 0 bridgehead atoms. The van der Waals surface area contributed by atoms with Crippen molar-refractivity contribution >= 4 is 33.0 Å². The van der Waals surface area contributed by atoms with E-state index in [4.69, 9.17) is 14.2 Å². The SMILES string of the molecule is COc1ccc2[nH]cc(C(C#N)(Cc3cccnc3)/C(=C(\C#N)c3c[nH]c4ccccc34)c3ccc4c(c3)OCO4)c2c1. The normalized spacial score (nSPS) is 14.1. The molecule has 0 fully saturated rings. The number of fused-ring (bicyclic) bond motifs is 3. The van der Waals surface area contributed by atoms with Gasteiger partial charge in [-0.1, -0.05) is 30.3 Å². The Balaban J connectivity index is 1.62. The number of nitrogens with zero attached hydrogens (tertiary/aromatic N) is 3. The van der Waals surface area contributed by atoms with Crippen molar-refractivity contribution in [1.82, 2.24) is 15.0 Å². The molecule has 1 atom stereocenters. The summed E-state index contributed by atoms with van der Waals surface area (Å²) in [6.45, 7) is 0.104. The molecule has 4 heterocycles. The molecule has 1 unspecified atom stereocenters. The zero-order valence-corrected chi connectivity index (χ0v) is 23.2. The van der Waals surface area contributed by atoms with Gasteiger partial charge in [-0.15, -0.1) is 0 Å². The molecule has 0 amide bonds. The Morgan fingerprint density at radius 3 is 2.58 bits per heavy atom. The van der Waals surface area contributed by atoms with Gasteiger partial charge in [0.1, 0.15) is 17.2 Å². The van der Waals surface area contributed by atoms with Gasteiger partial charge in [-0.05, 0) is 53.6 Å². The second-order valence-electron chi connectivity index (χ2n) is 10.3. The minimum absolute atomic E-state index is 0.104. The predicted molar refractivity (Wildman–Crippen MR) is 163 cm³/mol. The number of aromatic nitrogens is 3. The molecule has 43 heavy (non-hydrogen) atoms. The predicted octanol–water partition coefficient (Wildman–Crippen LogP) is 6.92. The Bertz CT molecular complexity index is 2110. The van der Waals surface area contributed by atoms with Crippen molar-refractivity contribution in [3.63, 3.8) is 0 Å². The van der Waals surface area contributed by atoms with E-state index in [0.717, 1.165) is 27.4 Å². The lowest BCUT2D eigenvalue weighted by molar-refractivity contribution is 0.174. The number of nitriles is 2. The van der Waals surface area contributed by atoms with Crippen LogP contribution >= 0.6 is 0 Å². The molecule has 6 aromatic rings. The minimum Gasteiger partial charge on any atom is -0.497 e. The monoisotopic (exact) mass is 563 g/mol. The fourth-order valence-electron chi connectivity index (χ4n) is 6.05. The highest BCUT2D eigenvalue weighted by molar-refractivity contribution is 6.09. The largest absolute Gasteiger partial charge is 0.497 e. The highest BCUT2D eigenvalue weighted by Gasteiger charge is 2.43. The highest BCUT2D eigenvalue weighted by Crippen LogP contribution is 2.49. The number of benzene rings is 3. The Kier molecular flexibility index (Phi) is 6.30. The van der Waals surface area contributed by atoms with E-state index in [1.165, 1.54) is 0 Å². The summed E-state index contributed by atoms with van der Waals surface area (Å²) in [7, 11) is 1.61. The van der Waals surface area contributed by atoms with Crippen molar-refractivity contribution < 1.29 is 14.2 Å². The molecular weight excluding hydrogens is 538 g/mol. The number of nitrogens with one attached hydrogen (secondary N) is 2. The summed E-state index contributed by atoms with van der Waals surface area (Å²) in [5.41, 5.74) is 4.24. The topological polar surface area (TPSA) is 120 Å². The molecule has 0 aliphatic carbocycles. The number of hydrogen-bond donors (Lipinski definition) is 2. The number of aromatic amines is 2. The van der Waals surface area contributed by atoms with Gasteiger partial charge >= 0.3 is 0 Å². The second-order valence-corrected chi connectivity index (χ2v) is 10.3. The van der Waals surface area contributed by atoms with E-state index in [1.807, 2.05) is 85.2 Å². The van der Waals surface area contributed by atoms with Gasteiger partial charge in [-0.3, -0.25) is 4.98 Å². The number of H-pyrrole nitrogens is 2. The zero-order chi connectivity index (χ0) is 29.4. The van der Waals surface area contributed by atoms with Crippen LogP contribution in [0.4, 0.5) is 0 Å². The maximum atomic E-state index is 11.5. The van der Waals surface area contributed by atoms with Crippen LogP contribution in [0.1, 0.15) is 22.3 Å². The molecule has 0 saturated carbocycles. The molecule has 0 radical (unpaired) electrons. The molecule has 8 heteroatoms. The van der Waals surface area contributed by atoms with Gasteiger partial charge in [-0.2, -0.15) is 10.5 Å². The first-order valence-corrected chi connectivity index (χ1v) is 13.7. The minimum atomic E-state index is -1.36. The van der Waals surface area contributed by atoms with Crippen LogP contribution in [0, 0.1) is 22.7 Å². The quantitative estimate of drug-likeness (QED) is 0.204. The van der Waals surface area contributed by atoms with Gasteiger partial charge in [0.25, 0.3) is 0 Å². The van der Waals surface area contributed by atoms with Gasteiger partial charge in [0.05, 0.1) is 18.8 Å². The first-order chi connectivity index (χ1) is 21.1. The maximum absolute atomic E-state index is 11.5.